The second kappa shape index (κ2) is 10.9. The van der Waals surface area contributed by atoms with Gasteiger partial charge in [-0.3, -0.25) is 4.79 Å². The number of hydrogen-bond acceptors (Lipinski definition) is 6. The number of nitrogens with one attached hydrogen (secondary N) is 1. The number of nitrogens with zero attached hydrogens (tertiary/aromatic N) is 2. The molecule has 3 rings (SSSR count). The summed E-state index contributed by atoms with van der Waals surface area (Å²) in [5, 5.41) is 12.3. The van der Waals surface area contributed by atoms with E-state index in [2.05, 4.69) is 23.7 Å². The van der Waals surface area contributed by atoms with Gasteiger partial charge in [0, 0.05) is 24.5 Å². The van der Waals surface area contributed by atoms with Gasteiger partial charge in [0.15, 0.2) is 17.6 Å². The van der Waals surface area contributed by atoms with E-state index < -0.39 is 18.0 Å². The molecule has 1 aromatic carbocycles. The van der Waals surface area contributed by atoms with E-state index in [0.29, 0.717) is 17.4 Å². The summed E-state index contributed by atoms with van der Waals surface area (Å²) in [5.74, 6) is 0.561. The maximum Gasteiger partial charge on any atom is 0.349 e. The number of esters is 1. The predicted octanol–water partition coefficient (Wildman–Crippen LogP) is 4.03. The quantitative estimate of drug-likeness (QED) is 0.341. The van der Waals surface area contributed by atoms with Crippen molar-refractivity contribution in [3.63, 3.8) is 0 Å². The highest BCUT2D eigenvalue weighted by atomic mass is 16.7. The lowest BCUT2D eigenvalue weighted by atomic mass is 10.1. The van der Waals surface area contributed by atoms with Gasteiger partial charge in [-0.25, -0.2) is 4.79 Å². The minimum absolute atomic E-state index is 0.153. The van der Waals surface area contributed by atoms with Crippen molar-refractivity contribution >= 4 is 18.0 Å². The van der Waals surface area contributed by atoms with Crippen LogP contribution in [0.5, 0.6) is 11.5 Å². The zero-order valence-electron chi connectivity index (χ0n) is 20.3. The van der Waals surface area contributed by atoms with Crippen LogP contribution in [0.3, 0.4) is 0 Å². The highest BCUT2D eigenvalue weighted by molar-refractivity contribution is 5.99. The lowest BCUT2D eigenvalue weighted by Gasteiger charge is -2.13. The second-order valence-corrected chi connectivity index (χ2v) is 8.78. The van der Waals surface area contributed by atoms with Crippen molar-refractivity contribution < 1.29 is 23.8 Å². The van der Waals surface area contributed by atoms with E-state index in [4.69, 9.17) is 14.2 Å². The van der Waals surface area contributed by atoms with Crippen molar-refractivity contribution in [3.8, 4) is 17.6 Å². The molecule has 1 atom stereocenters. The molecule has 1 aliphatic rings. The molecule has 8 nitrogen and oxygen atoms in total. The van der Waals surface area contributed by atoms with Crippen LogP contribution in [0.4, 0.5) is 0 Å². The number of amides is 1. The van der Waals surface area contributed by atoms with E-state index in [1.54, 1.807) is 12.1 Å². The molecular formula is C26H31N3O5. The minimum Gasteiger partial charge on any atom is -0.454 e. The second-order valence-electron chi connectivity index (χ2n) is 8.78. The van der Waals surface area contributed by atoms with Crippen LogP contribution in [0.15, 0.2) is 29.8 Å². The molecule has 34 heavy (non-hydrogen) atoms. The molecule has 0 aliphatic carbocycles. The van der Waals surface area contributed by atoms with Crippen molar-refractivity contribution in [2.24, 2.45) is 5.92 Å². The summed E-state index contributed by atoms with van der Waals surface area (Å²) < 4.78 is 18.0. The number of hydrogen-bond donors (Lipinski definition) is 1. The molecule has 2 heterocycles. The molecule has 0 radical (unpaired) electrons. The SMILES string of the molecule is Cc1cc(C=C(C#N)C(=O)OC(C)C(=O)NCc2ccc3c(c2)OCO3)c(C)n1CCC(C)C. The number of benzene rings is 1. The molecule has 1 N–H and O–H groups in total. The third-order valence-corrected chi connectivity index (χ3v) is 5.74. The molecule has 0 saturated heterocycles. The number of ether oxygens (including phenoxy) is 3. The van der Waals surface area contributed by atoms with Crippen LogP contribution >= 0.6 is 0 Å². The first-order valence-corrected chi connectivity index (χ1v) is 11.3. The van der Waals surface area contributed by atoms with Gasteiger partial charge in [0.1, 0.15) is 11.6 Å². The summed E-state index contributed by atoms with van der Waals surface area (Å²) in [6.07, 6.45) is 1.50. The van der Waals surface area contributed by atoms with Crippen molar-refractivity contribution in [2.75, 3.05) is 6.79 Å². The van der Waals surface area contributed by atoms with Gasteiger partial charge in [0.05, 0.1) is 0 Å². The zero-order chi connectivity index (χ0) is 24.8. The third-order valence-electron chi connectivity index (χ3n) is 5.74. The summed E-state index contributed by atoms with van der Waals surface area (Å²) in [5.41, 5.74) is 3.50. The lowest BCUT2D eigenvalue weighted by Crippen LogP contribution is -2.35. The topological polar surface area (TPSA) is 103 Å². The number of carbonyl (C=O) groups is 2. The molecule has 180 valence electrons. The maximum atomic E-state index is 12.6. The van der Waals surface area contributed by atoms with Gasteiger partial charge in [-0.15, -0.1) is 0 Å². The molecule has 1 aromatic heterocycles. The van der Waals surface area contributed by atoms with E-state index in [1.807, 2.05) is 32.0 Å². The largest absolute Gasteiger partial charge is 0.454 e. The zero-order valence-corrected chi connectivity index (χ0v) is 20.3. The van der Waals surface area contributed by atoms with E-state index in [9.17, 15) is 14.9 Å². The van der Waals surface area contributed by atoms with Gasteiger partial charge in [-0.1, -0.05) is 19.9 Å². The molecule has 2 aromatic rings. The number of nitriles is 1. The highest BCUT2D eigenvalue weighted by Gasteiger charge is 2.21. The number of aromatic nitrogens is 1. The van der Waals surface area contributed by atoms with E-state index in [0.717, 1.165) is 35.5 Å². The molecule has 1 unspecified atom stereocenters. The fourth-order valence-corrected chi connectivity index (χ4v) is 3.66. The Hall–Kier alpha value is -3.73. The van der Waals surface area contributed by atoms with Crippen molar-refractivity contribution in [1.82, 2.24) is 9.88 Å². The van der Waals surface area contributed by atoms with Crippen LogP contribution in [0, 0.1) is 31.1 Å². The number of aryl methyl sites for hydroxylation is 1. The van der Waals surface area contributed by atoms with Crippen molar-refractivity contribution in [2.45, 2.75) is 60.2 Å². The van der Waals surface area contributed by atoms with Crippen molar-refractivity contribution in [3.05, 3.63) is 52.4 Å². The van der Waals surface area contributed by atoms with E-state index in [-0.39, 0.29) is 18.9 Å². The molecule has 1 amide bonds. The van der Waals surface area contributed by atoms with Crippen molar-refractivity contribution in [1.29, 1.82) is 5.26 Å². The summed E-state index contributed by atoms with van der Waals surface area (Å²) in [4.78, 5) is 25.0. The van der Waals surface area contributed by atoms with Gasteiger partial charge in [0.2, 0.25) is 6.79 Å². The summed E-state index contributed by atoms with van der Waals surface area (Å²) in [6.45, 7) is 11.1. The molecule has 0 bridgehead atoms. The Morgan fingerprint density at radius 1 is 1.21 bits per heavy atom. The normalized spacial score (nSPS) is 13.5. The monoisotopic (exact) mass is 465 g/mol. The van der Waals surface area contributed by atoms with Crippen LogP contribution in [-0.4, -0.2) is 29.3 Å². The molecule has 0 spiro atoms. The van der Waals surface area contributed by atoms with Crippen LogP contribution in [0.2, 0.25) is 0 Å². The molecule has 1 aliphatic heterocycles. The smallest absolute Gasteiger partial charge is 0.349 e. The van der Waals surface area contributed by atoms with Crippen LogP contribution in [0.1, 0.15) is 49.7 Å². The van der Waals surface area contributed by atoms with E-state index >= 15 is 0 Å². The Morgan fingerprint density at radius 3 is 2.65 bits per heavy atom. The van der Waals surface area contributed by atoms with Gasteiger partial charge >= 0.3 is 5.97 Å². The standard InChI is InChI=1S/C26H31N3O5/c1-16(2)8-9-29-17(3)10-21(18(29)4)12-22(13-27)26(31)34-19(5)25(30)28-14-20-6-7-23-24(11-20)33-15-32-23/h6-7,10-12,16,19H,8-9,14-15H2,1-5H3,(H,28,30). The van der Waals surface area contributed by atoms with Gasteiger partial charge < -0.3 is 24.1 Å². The molecule has 8 heteroatoms. The summed E-state index contributed by atoms with van der Waals surface area (Å²) in [7, 11) is 0. The Balaban J connectivity index is 1.60. The highest BCUT2D eigenvalue weighted by Crippen LogP contribution is 2.32. The first kappa shape index (κ1) is 24.9. The lowest BCUT2D eigenvalue weighted by molar-refractivity contribution is -0.150. The summed E-state index contributed by atoms with van der Waals surface area (Å²) in [6, 6.07) is 9.23. The fourth-order valence-electron chi connectivity index (χ4n) is 3.66. The van der Waals surface area contributed by atoms with Gasteiger partial charge in [-0.05, 0) is 68.5 Å². The Labute approximate surface area is 200 Å². The Bertz CT molecular complexity index is 1140. The molecule has 0 fully saturated rings. The minimum atomic E-state index is -1.06. The maximum absolute atomic E-state index is 12.6. The van der Waals surface area contributed by atoms with Crippen LogP contribution in [-0.2, 0) is 27.4 Å². The molecular weight excluding hydrogens is 434 g/mol. The van der Waals surface area contributed by atoms with Crippen LogP contribution in [0.25, 0.3) is 6.08 Å². The van der Waals surface area contributed by atoms with Crippen LogP contribution < -0.4 is 14.8 Å². The number of fused-ring (bicyclic) bond motifs is 1. The van der Waals surface area contributed by atoms with Gasteiger partial charge in [0.25, 0.3) is 5.91 Å². The summed E-state index contributed by atoms with van der Waals surface area (Å²) >= 11 is 0. The van der Waals surface area contributed by atoms with E-state index in [1.165, 1.54) is 13.0 Å². The average molecular weight is 466 g/mol. The Kier molecular flexibility index (Phi) is 8.00. The molecule has 0 saturated carbocycles. The average Bonchev–Trinajstić information content (AvgIpc) is 3.37. The predicted molar refractivity (Wildman–Crippen MR) is 127 cm³/mol. The number of carbonyl (C=O) groups excluding carboxylic acids is 2. The third kappa shape index (κ3) is 5.98. The van der Waals surface area contributed by atoms with Gasteiger partial charge in [-0.2, -0.15) is 5.26 Å². The number of rotatable bonds is 9. The first-order chi connectivity index (χ1) is 16.2. The Morgan fingerprint density at radius 2 is 1.94 bits per heavy atom. The first-order valence-electron chi connectivity index (χ1n) is 11.3. The fraction of sp³-hybridized carbons (Fsp3) is 0.423.